The molecule has 0 aliphatic carbocycles. The number of hydrogen-bond donors (Lipinski definition) is 0. The summed E-state index contributed by atoms with van der Waals surface area (Å²) in [5.74, 6) is 0.353. The number of pyridine rings is 1. The Balaban J connectivity index is 1.85. The Morgan fingerprint density at radius 3 is 2.57 bits per heavy atom. The van der Waals surface area contributed by atoms with Gasteiger partial charge in [-0.3, -0.25) is 0 Å². The van der Waals surface area contributed by atoms with Crippen LogP contribution >= 0.6 is 15.9 Å². The highest BCUT2D eigenvalue weighted by atomic mass is 79.9. The highest BCUT2D eigenvalue weighted by Crippen LogP contribution is 2.35. The molecule has 0 unspecified atom stereocenters. The Morgan fingerprint density at radius 2 is 1.86 bits per heavy atom. The van der Waals surface area contributed by atoms with Gasteiger partial charge in [0.25, 0.3) is 0 Å². The lowest BCUT2D eigenvalue weighted by molar-refractivity contribution is -0.284. The molecule has 4 rings (SSSR count). The van der Waals surface area contributed by atoms with Gasteiger partial charge in [-0.1, -0.05) is 25.1 Å². The monoisotopic (exact) mass is 447 g/mol. The second kappa shape index (κ2) is 7.37. The first-order valence-corrected chi connectivity index (χ1v) is 10.4. The van der Waals surface area contributed by atoms with Gasteiger partial charge >= 0.3 is 0 Å². The van der Waals surface area contributed by atoms with Gasteiger partial charge in [0.05, 0.1) is 24.2 Å². The molecule has 0 spiro atoms. The third-order valence-electron chi connectivity index (χ3n) is 5.13. The van der Waals surface area contributed by atoms with Crippen molar-refractivity contribution in [2.24, 2.45) is 5.41 Å². The number of para-hydroxylation sites is 1. The second-order valence-corrected chi connectivity index (χ2v) is 8.91. The van der Waals surface area contributed by atoms with E-state index in [0.29, 0.717) is 26.4 Å². The van der Waals surface area contributed by atoms with Crippen LogP contribution in [0.2, 0.25) is 0 Å². The second-order valence-electron chi connectivity index (χ2n) is 8.16. The molecule has 0 saturated carbocycles. The Kier molecular flexibility index (Phi) is 5.20. The zero-order valence-corrected chi connectivity index (χ0v) is 18.4. The largest absolute Gasteiger partial charge is 0.374 e. The predicted octanol–water partition coefficient (Wildman–Crippen LogP) is 4.67. The van der Waals surface area contributed by atoms with E-state index < -0.39 is 5.79 Å². The molecule has 1 saturated heterocycles. The maximum absolute atomic E-state index is 5.97. The van der Waals surface area contributed by atoms with Gasteiger partial charge in [0, 0.05) is 24.0 Å². The third kappa shape index (κ3) is 3.68. The summed E-state index contributed by atoms with van der Waals surface area (Å²) in [6.07, 6.45) is 0. The molecule has 3 heterocycles. The van der Waals surface area contributed by atoms with Crippen LogP contribution in [0.1, 0.15) is 33.5 Å². The molecule has 7 heteroatoms. The smallest absolute Gasteiger partial charge is 0.162 e. The van der Waals surface area contributed by atoms with E-state index in [1.54, 1.807) is 0 Å². The van der Waals surface area contributed by atoms with E-state index in [4.69, 9.17) is 19.2 Å². The minimum absolute atomic E-state index is 0.166. The molecule has 0 bridgehead atoms. The van der Waals surface area contributed by atoms with E-state index in [1.165, 1.54) is 0 Å². The van der Waals surface area contributed by atoms with Gasteiger partial charge in [0.1, 0.15) is 22.6 Å². The lowest BCUT2D eigenvalue weighted by atomic mass is 9.91. The van der Waals surface area contributed by atoms with Crippen LogP contribution in [0.25, 0.3) is 21.9 Å². The normalized spacial score (nSPS) is 18.8. The van der Waals surface area contributed by atoms with E-state index in [-0.39, 0.29) is 5.41 Å². The van der Waals surface area contributed by atoms with Crippen LogP contribution in [0, 0.1) is 5.41 Å². The number of hydrogen-bond acceptors (Lipinski definition) is 5. The summed E-state index contributed by atoms with van der Waals surface area (Å²) in [6.45, 7) is 11.2. The highest BCUT2D eigenvalue weighted by Gasteiger charge is 2.38. The van der Waals surface area contributed by atoms with Crippen molar-refractivity contribution in [1.29, 1.82) is 0 Å². The van der Waals surface area contributed by atoms with Gasteiger partial charge in [0.2, 0.25) is 0 Å². The molecular weight excluding hydrogens is 422 g/mol. The SMILES string of the molecule is CCOCc1nc2c(Br)nc3ccccc3c2n1CC1(C)COC(C)(C)OC1. The van der Waals surface area contributed by atoms with Gasteiger partial charge in [-0.2, -0.15) is 0 Å². The zero-order valence-electron chi connectivity index (χ0n) is 16.8. The van der Waals surface area contributed by atoms with Crippen molar-refractivity contribution in [3.05, 3.63) is 34.7 Å². The summed E-state index contributed by atoms with van der Waals surface area (Å²) in [4.78, 5) is 9.54. The number of halogens is 1. The molecule has 6 nitrogen and oxygen atoms in total. The molecule has 28 heavy (non-hydrogen) atoms. The third-order valence-corrected chi connectivity index (χ3v) is 5.68. The van der Waals surface area contributed by atoms with Gasteiger partial charge < -0.3 is 18.8 Å². The summed E-state index contributed by atoms with van der Waals surface area (Å²) in [6, 6.07) is 8.16. The van der Waals surface area contributed by atoms with Gasteiger partial charge in [-0.25, -0.2) is 9.97 Å². The van der Waals surface area contributed by atoms with Crippen molar-refractivity contribution in [3.8, 4) is 0 Å². The quantitative estimate of drug-likeness (QED) is 0.531. The number of aromatic nitrogens is 3. The maximum atomic E-state index is 5.97. The van der Waals surface area contributed by atoms with Crippen LogP contribution in [-0.4, -0.2) is 40.1 Å². The first-order chi connectivity index (χ1) is 13.3. The van der Waals surface area contributed by atoms with Crippen molar-refractivity contribution in [1.82, 2.24) is 14.5 Å². The van der Waals surface area contributed by atoms with Crippen molar-refractivity contribution >= 4 is 37.9 Å². The number of ether oxygens (including phenoxy) is 3. The molecule has 0 amide bonds. The van der Waals surface area contributed by atoms with E-state index in [2.05, 4.69) is 38.5 Å². The molecule has 0 N–H and O–H groups in total. The Bertz CT molecular complexity index is 1000. The van der Waals surface area contributed by atoms with Crippen molar-refractivity contribution in [2.45, 2.75) is 46.6 Å². The van der Waals surface area contributed by atoms with Crippen molar-refractivity contribution < 1.29 is 14.2 Å². The minimum Gasteiger partial charge on any atom is -0.374 e. The lowest BCUT2D eigenvalue weighted by Crippen LogP contribution is -2.47. The molecule has 0 atom stereocenters. The molecule has 1 aromatic carbocycles. The van der Waals surface area contributed by atoms with Gasteiger partial charge in [-0.15, -0.1) is 0 Å². The molecular formula is C21H26BrN3O3. The fourth-order valence-electron chi connectivity index (χ4n) is 3.57. The van der Waals surface area contributed by atoms with Crippen LogP contribution < -0.4 is 0 Å². The average Bonchev–Trinajstić information content (AvgIpc) is 3.02. The van der Waals surface area contributed by atoms with Crippen LogP contribution in [-0.2, 0) is 27.4 Å². The number of nitrogens with zero attached hydrogens (tertiary/aromatic N) is 3. The van der Waals surface area contributed by atoms with E-state index in [9.17, 15) is 0 Å². The van der Waals surface area contributed by atoms with Crippen LogP contribution in [0.3, 0.4) is 0 Å². The molecule has 150 valence electrons. The van der Waals surface area contributed by atoms with E-state index >= 15 is 0 Å². The molecule has 1 fully saturated rings. The molecule has 3 aromatic rings. The Hall–Kier alpha value is -1.54. The number of fused-ring (bicyclic) bond motifs is 3. The predicted molar refractivity (Wildman–Crippen MR) is 112 cm³/mol. The van der Waals surface area contributed by atoms with E-state index in [0.717, 1.165) is 38.9 Å². The lowest BCUT2D eigenvalue weighted by Gasteiger charge is -2.41. The zero-order chi connectivity index (χ0) is 19.9. The van der Waals surface area contributed by atoms with Gasteiger partial charge in [-0.05, 0) is 42.8 Å². The first-order valence-electron chi connectivity index (χ1n) is 9.61. The number of rotatable bonds is 5. The first kappa shape index (κ1) is 19.8. The Labute approximate surface area is 173 Å². The molecule has 1 aliphatic rings. The summed E-state index contributed by atoms with van der Waals surface area (Å²) in [5, 5.41) is 1.08. The topological polar surface area (TPSA) is 58.4 Å². The summed E-state index contributed by atoms with van der Waals surface area (Å²) < 4.78 is 20.7. The minimum atomic E-state index is -0.537. The fraction of sp³-hybridized carbons (Fsp3) is 0.524. The number of benzene rings is 1. The molecule has 1 aliphatic heterocycles. The highest BCUT2D eigenvalue weighted by molar-refractivity contribution is 9.10. The van der Waals surface area contributed by atoms with Crippen LogP contribution in [0.5, 0.6) is 0 Å². The average molecular weight is 448 g/mol. The number of imidazole rings is 1. The van der Waals surface area contributed by atoms with Crippen LogP contribution in [0.4, 0.5) is 0 Å². The summed E-state index contributed by atoms with van der Waals surface area (Å²) in [5.41, 5.74) is 2.70. The molecule has 0 radical (unpaired) electrons. The summed E-state index contributed by atoms with van der Waals surface area (Å²) in [7, 11) is 0. The van der Waals surface area contributed by atoms with E-state index in [1.807, 2.05) is 39.0 Å². The van der Waals surface area contributed by atoms with Crippen LogP contribution in [0.15, 0.2) is 28.9 Å². The molecule has 2 aromatic heterocycles. The van der Waals surface area contributed by atoms with Crippen molar-refractivity contribution in [2.75, 3.05) is 19.8 Å². The fourth-order valence-corrected chi connectivity index (χ4v) is 4.04. The van der Waals surface area contributed by atoms with Crippen molar-refractivity contribution in [3.63, 3.8) is 0 Å². The Morgan fingerprint density at radius 1 is 1.14 bits per heavy atom. The standard InChI is InChI=1S/C21H26BrN3O3/c1-5-26-10-16-24-17-18(14-8-6-7-9-15(14)23-19(17)22)25(16)11-21(4)12-27-20(2,3)28-13-21/h6-9H,5,10-13H2,1-4H3. The maximum Gasteiger partial charge on any atom is 0.162 e. The summed E-state index contributed by atoms with van der Waals surface area (Å²) >= 11 is 3.61. The van der Waals surface area contributed by atoms with Gasteiger partial charge in [0.15, 0.2) is 5.79 Å².